The van der Waals surface area contributed by atoms with Crippen LogP contribution in [-0.2, 0) is 16.1 Å². The lowest BCUT2D eigenvalue weighted by atomic mass is 9.92. The van der Waals surface area contributed by atoms with Crippen molar-refractivity contribution in [3.05, 3.63) is 66.1 Å². The van der Waals surface area contributed by atoms with Crippen LogP contribution in [0.1, 0.15) is 30.7 Å². The fourth-order valence-corrected chi connectivity index (χ4v) is 3.15. The van der Waals surface area contributed by atoms with E-state index in [1.807, 2.05) is 35.1 Å². The molecule has 6 nitrogen and oxygen atoms in total. The van der Waals surface area contributed by atoms with Gasteiger partial charge in [0.2, 0.25) is 5.91 Å². The molecule has 1 unspecified atom stereocenters. The summed E-state index contributed by atoms with van der Waals surface area (Å²) < 4.78 is 14.9. The van der Waals surface area contributed by atoms with Gasteiger partial charge in [-0.15, -0.1) is 0 Å². The largest absolute Gasteiger partial charge is 0.481 e. The highest BCUT2D eigenvalue weighted by atomic mass is 19.1. The molecule has 0 aliphatic rings. The SMILES string of the molecule is O=C(O)CC(CC(=O)NCCCn1cc2ccccc2n1)c1ccc(F)cc1. The third-order valence-corrected chi connectivity index (χ3v) is 4.54. The molecular weight excluding hydrogens is 361 g/mol. The number of carboxylic acids is 1. The van der Waals surface area contributed by atoms with Crippen LogP contribution in [0.2, 0.25) is 0 Å². The lowest BCUT2D eigenvalue weighted by molar-refractivity contribution is -0.137. The number of rotatable bonds is 9. The predicted octanol–water partition coefficient (Wildman–Crippen LogP) is 3.33. The molecule has 2 N–H and O–H groups in total. The Hall–Kier alpha value is -3.22. The summed E-state index contributed by atoms with van der Waals surface area (Å²) in [6.45, 7) is 1.14. The molecule has 0 bridgehead atoms. The molecule has 0 aliphatic carbocycles. The first kappa shape index (κ1) is 19.5. The van der Waals surface area contributed by atoms with Crippen molar-refractivity contribution in [3.63, 3.8) is 0 Å². The summed E-state index contributed by atoms with van der Waals surface area (Å²) in [5.74, 6) is -2.10. The maximum atomic E-state index is 13.1. The number of fused-ring (bicyclic) bond motifs is 1. The molecule has 1 aromatic heterocycles. The van der Waals surface area contributed by atoms with Crippen molar-refractivity contribution < 1.29 is 19.1 Å². The third kappa shape index (κ3) is 5.39. The number of benzene rings is 2. The number of aliphatic carboxylic acids is 1. The van der Waals surface area contributed by atoms with Crippen LogP contribution in [0.15, 0.2) is 54.7 Å². The second-order valence-corrected chi connectivity index (χ2v) is 6.70. The monoisotopic (exact) mass is 383 g/mol. The smallest absolute Gasteiger partial charge is 0.303 e. The molecule has 1 heterocycles. The quantitative estimate of drug-likeness (QED) is 0.555. The molecule has 3 rings (SSSR count). The van der Waals surface area contributed by atoms with Gasteiger partial charge in [0, 0.05) is 37.0 Å². The van der Waals surface area contributed by atoms with Gasteiger partial charge < -0.3 is 10.4 Å². The number of amides is 1. The molecule has 0 saturated carbocycles. The van der Waals surface area contributed by atoms with Gasteiger partial charge in [-0.2, -0.15) is 5.10 Å². The first-order chi connectivity index (χ1) is 13.5. The van der Waals surface area contributed by atoms with Crippen molar-refractivity contribution in [2.24, 2.45) is 0 Å². The number of carbonyl (C=O) groups is 2. The van der Waals surface area contributed by atoms with Crippen LogP contribution in [0.3, 0.4) is 0 Å². The normalized spacial score (nSPS) is 12.0. The van der Waals surface area contributed by atoms with Crippen molar-refractivity contribution in [3.8, 4) is 0 Å². The minimum Gasteiger partial charge on any atom is -0.481 e. The summed E-state index contributed by atoms with van der Waals surface area (Å²) in [5, 5.41) is 17.5. The summed E-state index contributed by atoms with van der Waals surface area (Å²) in [6.07, 6.45) is 2.54. The third-order valence-electron chi connectivity index (χ3n) is 4.54. The first-order valence-corrected chi connectivity index (χ1v) is 9.17. The van der Waals surface area contributed by atoms with Crippen LogP contribution in [0.4, 0.5) is 4.39 Å². The molecule has 1 amide bonds. The standard InChI is InChI=1S/C21H22FN3O3/c22-18-8-6-15(7-9-18)17(13-21(27)28)12-20(26)23-10-3-11-25-14-16-4-1-2-5-19(16)24-25/h1-2,4-9,14,17H,3,10-13H2,(H,23,26)(H,27,28). The molecule has 2 aromatic carbocycles. The predicted molar refractivity (Wildman–Crippen MR) is 103 cm³/mol. The first-order valence-electron chi connectivity index (χ1n) is 9.17. The van der Waals surface area contributed by atoms with E-state index in [0.717, 1.165) is 10.9 Å². The van der Waals surface area contributed by atoms with Crippen LogP contribution in [0, 0.1) is 5.82 Å². The minimum atomic E-state index is -0.993. The summed E-state index contributed by atoms with van der Waals surface area (Å²) in [7, 11) is 0. The van der Waals surface area contributed by atoms with E-state index in [-0.39, 0.29) is 18.7 Å². The molecular formula is C21H22FN3O3. The molecule has 0 spiro atoms. The summed E-state index contributed by atoms with van der Waals surface area (Å²) in [4.78, 5) is 23.3. The summed E-state index contributed by atoms with van der Waals surface area (Å²) >= 11 is 0. The number of aryl methyl sites for hydroxylation is 1. The molecule has 1 atom stereocenters. The Kier molecular flexibility index (Phi) is 6.37. The average Bonchev–Trinajstić information content (AvgIpc) is 3.08. The van der Waals surface area contributed by atoms with Gasteiger partial charge in [-0.05, 0) is 30.2 Å². The Morgan fingerprint density at radius 3 is 2.57 bits per heavy atom. The minimum absolute atomic E-state index is 0.0452. The van der Waals surface area contributed by atoms with Gasteiger partial charge in [-0.25, -0.2) is 4.39 Å². The van der Waals surface area contributed by atoms with Gasteiger partial charge in [-0.3, -0.25) is 14.3 Å². The summed E-state index contributed by atoms with van der Waals surface area (Å²) in [6, 6.07) is 13.4. The van der Waals surface area contributed by atoms with Crippen molar-refractivity contribution in [1.82, 2.24) is 15.1 Å². The molecule has 3 aromatic rings. The molecule has 0 aliphatic heterocycles. The number of carbonyl (C=O) groups excluding carboxylic acids is 1. The highest BCUT2D eigenvalue weighted by Gasteiger charge is 2.19. The number of nitrogens with one attached hydrogen (secondary N) is 1. The van der Waals surface area contributed by atoms with Crippen LogP contribution < -0.4 is 5.32 Å². The second kappa shape index (κ2) is 9.12. The fourth-order valence-electron chi connectivity index (χ4n) is 3.15. The van der Waals surface area contributed by atoms with E-state index < -0.39 is 17.7 Å². The van der Waals surface area contributed by atoms with Crippen LogP contribution in [0.25, 0.3) is 10.9 Å². The number of nitrogens with zero attached hydrogens (tertiary/aromatic N) is 2. The second-order valence-electron chi connectivity index (χ2n) is 6.70. The van der Waals surface area contributed by atoms with E-state index in [0.29, 0.717) is 25.1 Å². The van der Waals surface area contributed by atoms with Gasteiger partial charge >= 0.3 is 5.97 Å². The Balaban J connectivity index is 1.48. The lowest BCUT2D eigenvalue weighted by Crippen LogP contribution is -2.27. The van der Waals surface area contributed by atoms with E-state index in [4.69, 9.17) is 5.11 Å². The highest BCUT2D eigenvalue weighted by molar-refractivity contribution is 5.78. The molecule has 146 valence electrons. The van der Waals surface area contributed by atoms with Crippen molar-refractivity contribution in [2.75, 3.05) is 6.54 Å². The van der Waals surface area contributed by atoms with Crippen LogP contribution in [0.5, 0.6) is 0 Å². The zero-order chi connectivity index (χ0) is 19.9. The molecule has 28 heavy (non-hydrogen) atoms. The zero-order valence-electron chi connectivity index (χ0n) is 15.3. The van der Waals surface area contributed by atoms with E-state index >= 15 is 0 Å². The van der Waals surface area contributed by atoms with Gasteiger partial charge in [0.1, 0.15) is 5.82 Å². The Bertz CT molecular complexity index is 920. The number of halogens is 1. The van der Waals surface area contributed by atoms with Crippen molar-refractivity contribution in [2.45, 2.75) is 31.7 Å². The maximum Gasteiger partial charge on any atom is 0.303 e. The van der Waals surface area contributed by atoms with E-state index in [1.54, 1.807) is 0 Å². The van der Waals surface area contributed by atoms with E-state index in [1.165, 1.54) is 24.3 Å². The molecule has 0 saturated heterocycles. The summed E-state index contributed by atoms with van der Waals surface area (Å²) in [5.41, 5.74) is 1.57. The van der Waals surface area contributed by atoms with Gasteiger partial charge in [0.25, 0.3) is 0 Å². The Morgan fingerprint density at radius 2 is 1.86 bits per heavy atom. The molecule has 0 fully saturated rings. The highest BCUT2D eigenvalue weighted by Crippen LogP contribution is 2.24. The van der Waals surface area contributed by atoms with Crippen LogP contribution in [-0.4, -0.2) is 33.3 Å². The number of hydrogen-bond acceptors (Lipinski definition) is 3. The topological polar surface area (TPSA) is 84.2 Å². The lowest BCUT2D eigenvalue weighted by Gasteiger charge is -2.15. The van der Waals surface area contributed by atoms with Gasteiger partial charge in [-0.1, -0.05) is 30.3 Å². The zero-order valence-corrected chi connectivity index (χ0v) is 15.3. The average molecular weight is 383 g/mol. The number of carboxylic acid groups (broad SMARTS) is 1. The number of hydrogen-bond donors (Lipinski definition) is 2. The fraction of sp³-hybridized carbons (Fsp3) is 0.286. The maximum absolute atomic E-state index is 13.1. The van der Waals surface area contributed by atoms with Crippen molar-refractivity contribution >= 4 is 22.8 Å². The Morgan fingerprint density at radius 1 is 1.11 bits per heavy atom. The molecule has 0 radical (unpaired) electrons. The van der Waals surface area contributed by atoms with Crippen molar-refractivity contribution in [1.29, 1.82) is 0 Å². The van der Waals surface area contributed by atoms with E-state index in [9.17, 15) is 14.0 Å². The number of aromatic nitrogens is 2. The van der Waals surface area contributed by atoms with Gasteiger partial charge in [0.15, 0.2) is 0 Å². The van der Waals surface area contributed by atoms with Crippen LogP contribution >= 0.6 is 0 Å². The van der Waals surface area contributed by atoms with E-state index in [2.05, 4.69) is 10.4 Å². The molecule has 7 heteroatoms. The van der Waals surface area contributed by atoms with Gasteiger partial charge in [0.05, 0.1) is 11.9 Å². The Labute approximate surface area is 162 Å².